The van der Waals surface area contributed by atoms with Crippen molar-refractivity contribution >= 4 is 17.4 Å². The number of hydrogen-bond donors (Lipinski definition) is 1. The molecule has 1 fully saturated rings. The van der Waals surface area contributed by atoms with Gasteiger partial charge in [0.1, 0.15) is 5.75 Å². The van der Waals surface area contributed by atoms with Gasteiger partial charge in [-0.3, -0.25) is 14.5 Å². The Bertz CT molecular complexity index is 797. The Hall–Kier alpha value is -2.70. The number of carbonyl (C=O) groups excluding carboxylic acids is 2. The number of nitrogens with zero attached hydrogens (tertiary/aromatic N) is 2. The van der Waals surface area contributed by atoms with Crippen molar-refractivity contribution in [3.63, 3.8) is 0 Å². The number of likely N-dealkylation sites (N-methyl/N-ethyl adjacent to an activating group) is 1. The molecule has 0 unspecified atom stereocenters. The van der Waals surface area contributed by atoms with E-state index in [1.807, 2.05) is 0 Å². The highest BCUT2D eigenvalue weighted by Crippen LogP contribution is 2.16. The topological polar surface area (TPSA) is 61.9 Å². The van der Waals surface area contributed by atoms with E-state index in [1.165, 1.54) is 0 Å². The number of anilines is 1. The fourth-order valence-corrected chi connectivity index (χ4v) is 3.02. The molecule has 0 aromatic heterocycles. The number of amides is 1. The molecule has 0 saturated carbocycles. The Morgan fingerprint density at radius 3 is 2.37 bits per heavy atom. The van der Waals surface area contributed by atoms with Gasteiger partial charge in [0.2, 0.25) is 0 Å². The van der Waals surface area contributed by atoms with Crippen molar-refractivity contribution in [2.24, 2.45) is 0 Å². The summed E-state index contributed by atoms with van der Waals surface area (Å²) in [5.74, 6) is 0.546. The summed E-state index contributed by atoms with van der Waals surface area (Å²) in [5.41, 5.74) is 1.76. The number of ether oxygens (including phenoxy) is 1. The van der Waals surface area contributed by atoms with Crippen molar-refractivity contribution < 1.29 is 14.3 Å². The molecule has 1 amide bonds. The molecule has 3 rings (SSSR count). The minimum atomic E-state index is -0.221. The fourth-order valence-electron chi connectivity index (χ4n) is 3.02. The maximum Gasteiger partial charge on any atom is 0.255 e. The van der Waals surface area contributed by atoms with Crippen molar-refractivity contribution in [3.05, 3.63) is 59.7 Å². The van der Waals surface area contributed by atoms with Gasteiger partial charge in [0.15, 0.2) is 5.78 Å². The second kappa shape index (κ2) is 8.79. The highest BCUT2D eigenvalue weighted by atomic mass is 16.5. The SMILES string of the molecule is COc1ccc(C(=O)Nc2cccc(C(=O)CN3CCN(C)CC3)c2)cc1. The van der Waals surface area contributed by atoms with E-state index in [2.05, 4.69) is 22.2 Å². The molecule has 0 bridgehead atoms. The number of nitrogens with one attached hydrogen (secondary N) is 1. The van der Waals surface area contributed by atoms with E-state index in [-0.39, 0.29) is 11.7 Å². The lowest BCUT2D eigenvalue weighted by Gasteiger charge is -2.31. The van der Waals surface area contributed by atoms with Crippen molar-refractivity contribution in [2.45, 2.75) is 0 Å². The molecule has 6 heteroatoms. The summed E-state index contributed by atoms with van der Waals surface area (Å²) in [7, 11) is 3.67. The molecule has 1 aliphatic rings. The fraction of sp³-hybridized carbons (Fsp3) is 0.333. The predicted octanol–water partition coefficient (Wildman–Crippen LogP) is 2.38. The van der Waals surface area contributed by atoms with E-state index in [0.717, 1.165) is 26.2 Å². The average molecular weight is 367 g/mol. The number of benzene rings is 2. The molecule has 0 spiro atoms. The largest absolute Gasteiger partial charge is 0.497 e. The summed E-state index contributed by atoms with van der Waals surface area (Å²) in [6.07, 6.45) is 0. The first-order valence-corrected chi connectivity index (χ1v) is 9.05. The van der Waals surface area contributed by atoms with E-state index in [9.17, 15) is 9.59 Å². The van der Waals surface area contributed by atoms with Crippen molar-refractivity contribution in [3.8, 4) is 5.75 Å². The Labute approximate surface area is 159 Å². The van der Waals surface area contributed by atoms with E-state index in [1.54, 1.807) is 55.6 Å². The zero-order valence-electron chi connectivity index (χ0n) is 15.8. The van der Waals surface area contributed by atoms with Crippen LogP contribution in [-0.4, -0.2) is 68.4 Å². The lowest BCUT2D eigenvalue weighted by atomic mass is 10.1. The summed E-state index contributed by atoms with van der Waals surface area (Å²) in [4.78, 5) is 29.4. The first kappa shape index (κ1) is 19.1. The van der Waals surface area contributed by atoms with Crippen LogP contribution >= 0.6 is 0 Å². The smallest absolute Gasteiger partial charge is 0.255 e. The Balaban J connectivity index is 1.62. The van der Waals surface area contributed by atoms with Crippen LogP contribution in [0, 0.1) is 0 Å². The van der Waals surface area contributed by atoms with Crippen LogP contribution in [0.2, 0.25) is 0 Å². The number of Topliss-reactive ketones (excluding diaryl/α,β-unsaturated/α-hetero) is 1. The second-order valence-electron chi connectivity index (χ2n) is 6.77. The van der Waals surface area contributed by atoms with Crippen molar-refractivity contribution in [1.29, 1.82) is 0 Å². The van der Waals surface area contributed by atoms with Crippen molar-refractivity contribution in [2.75, 3.05) is 52.2 Å². The summed E-state index contributed by atoms with van der Waals surface area (Å²) in [5, 5.41) is 2.85. The molecule has 2 aromatic rings. The second-order valence-corrected chi connectivity index (χ2v) is 6.77. The van der Waals surface area contributed by atoms with Gasteiger partial charge in [-0.25, -0.2) is 0 Å². The number of methoxy groups -OCH3 is 1. The van der Waals surface area contributed by atoms with Gasteiger partial charge in [0, 0.05) is 43.0 Å². The highest BCUT2D eigenvalue weighted by molar-refractivity contribution is 6.05. The first-order valence-electron chi connectivity index (χ1n) is 9.05. The molecular weight excluding hydrogens is 342 g/mol. The molecule has 1 aliphatic heterocycles. The molecule has 1 N–H and O–H groups in total. The van der Waals surface area contributed by atoms with Gasteiger partial charge in [-0.15, -0.1) is 0 Å². The standard InChI is InChI=1S/C21H25N3O3/c1-23-10-12-24(13-11-23)15-20(25)17-4-3-5-18(14-17)22-21(26)16-6-8-19(27-2)9-7-16/h3-9,14H,10-13,15H2,1-2H3,(H,22,26). The van der Waals surface area contributed by atoms with Crippen LogP contribution in [0.4, 0.5) is 5.69 Å². The maximum atomic E-state index is 12.6. The molecule has 1 heterocycles. The van der Waals surface area contributed by atoms with Gasteiger partial charge in [0.25, 0.3) is 5.91 Å². The number of hydrogen-bond acceptors (Lipinski definition) is 5. The van der Waals surface area contributed by atoms with Gasteiger partial charge in [-0.05, 0) is 43.4 Å². The summed E-state index contributed by atoms with van der Waals surface area (Å²) >= 11 is 0. The van der Waals surface area contributed by atoms with E-state index < -0.39 is 0 Å². The van der Waals surface area contributed by atoms with E-state index >= 15 is 0 Å². The van der Waals surface area contributed by atoms with Gasteiger partial charge in [-0.1, -0.05) is 12.1 Å². The van der Waals surface area contributed by atoms with Crippen LogP contribution in [0.25, 0.3) is 0 Å². The zero-order chi connectivity index (χ0) is 19.2. The lowest BCUT2D eigenvalue weighted by Crippen LogP contribution is -2.46. The van der Waals surface area contributed by atoms with Crippen LogP contribution in [0.1, 0.15) is 20.7 Å². The molecule has 2 aromatic carbocycles. The van der Waals surface area contributed by atoms with Crippen molar-refractivity contribution in [1.82, 2.24) is 9.80 Å². The van der Waals surface area contributed by atoms with Gasteiger partial charge >= 0.3 is 0 Å². The minimum Gasteiger partial charge on any atom is -0.497 e. The van der Waals surface area contributed by atoms with Gasteiger partial charge < -0.3 is 15.0 Å². The lowest BCUT2D eigenvalue weighted by molar-refractivity contribution is 0.0876. The summed E-state index contributed by atoms with van der Waals surface area (Å²) in [6.45, 7) is 4.16. The Kier molecular flexibility index (Phi) is 6.21. The molecule has 0 aliphatic carbocycles. The molecule has 0 atom stereocenters. The Morgan fingerprint density at radius 2 is 1.70 bits per heavy atom. The number of ketones is 1. The number of carbonyl (C=O) groups is 2. The third kappa shape index (κ3) is 5.15. The van der Waals surface area contributed by atoms with Crippen LogP contribution in [0.3, 0.4) is 0 Å². The Morgan fingerprint density at radius 1 is 1.00 bits per heavy atom. The minimum absolute atomic E-state index is 0.0695. The molecule has 142 valence electrons. The first-order chi connectivity index (χ1) is 13.0. The average Bonchev–Trinajstić information content (AvgIpc) is 2.70. The van der Waals surface area contributed by atoms with Crippen LogP contribution in [0.15, 0.2) is 48.5 Å². The van der Waals surface area contributed by atoms with Crippen LogP contribution < -0.4 is 10.1 Å². The van der Waals surface area contributed by atoms with E-state index in [4.69, 9.17) is 4.74 Å². The summed E-state index contributed by atoms with van der Waals surface area (Å²) < 4.78 is 5.10. The zero-order valence-corrected chi connectivity index (χ0v) is 15.8. The molecule has 6 nitrogen and oxygen atoms in total. The number of rotatable bonds is 6. The van der Waals surface area contributed by atoms with Crippen LogP contribution in [0.5, 0.6) is 5.75 Å². The third-order valence-corrected chi connectivity index (χ3v) is 4.76. The molecular formula is C21H25N3O3. The monoisotopic (exact) mass is 367 g/mol. The maximum absolute atomic E-state index is 12.6. The molecule has 0 radical (unpaired) electrons. The highest BCUT2D eigenvalue weighted by Gasteiger charge is 2.18. The third-order valence-electron chi connectivity index (χ3n) is 4.76. The molecule has 1 saturated heterocycles. The van der Waals surface area contributed by atoms with Gasteiger partial charge in [-0.2, -0.15) is 0 Å². The quantitative estimate of drug-likeness (QED) is 0.795. The normalized spacial score (nSPS) is 15.3. The van der Waals surface area contributed by atoms with Crippen LogP contribution in [-0.2, 0) is 0 Å². The molecule has 27 heavy (non-hydrogen) atoms. The predicted molar refractivity (Wildman–Crippen MR) is 106 cm³/mol. The van der Waals surface area contributed by atoms with E-state index in [0.29, 0.717) is 29.1 Å². The summed E-state index contributed by atoms with van der Waals surface area (Å²) in [6, 6.07) is 14.0. The number of piperazine rings is 1. The van der Waals surface area contributed by atoms with Gasteiger partial charge in [0.05, 0.1) is 13.7 Å².